The molecular weight excluding hydrogens is 889 g/mol. The zero-order valence-electron chi connectivity index (χ0n) is 34.5. The Labute approximate surface area is 361 Å². The summed E-state index contributed by atoms with van der Waals surface area (Å²) in [5.41, 5.74) is 6.95. The van der Waals surface area contributed by atoms with Crippen LogP contribution in [-0.2, 0) is 67.0 Å². The Bertz CT molecular complexity index is 3380. The molecule has 0 saturated carbocycles. The number of aromatic nitrogens is 1. The Hall–Kier alpha value is -5.57. The van der Waals surface area contributed by atoms with Gasteiger partial charge in [-0.05, 0) is 144 Å². The number of hydrogen-bond donors (Lipinski definition) is 0. The Kier molecular flexibility index (Phi) is 7.37. The van der Waals surface area contributed by atoms with E-state index in [0.717, 1.165) is 33.0 Å². The number of benzene rings is 7. The van der Waals surface area contributed by atoms with Crippen LogP contribution < -0.4 is 0 Å². The zero-order valence-corrected chi connectivity index (χ0v) is 36.6. The van der Waals surface area contributed by atoms with Crippen molar-refractivity contribution in [3.05, 3.63) is 79.3 Å². The van der Waals surface area contributed by atoms with Crippen molar-refractivity contribution in [3.63, 3.8) is 0 Å². The maximum absolute atomic E-state index is 12.8. The van der Waals surface area contributed by atoms with E-state index in [-0.39, 0.29) is 18.1 Å². The van der Waals surface area contributed by atoms with Crippen molar-refractivity contribution in [2.45, 2.75) is 85.3 Å². The third-order valence-electron chi connectivity index (χ3n) is 13.6. The van der Waals surface area contributed by atoms with Crippen LogP contribution in [0, 0.1) is 10.5 Å². The molecule has 0 saturated heterocycles. The van der Waals surface area contributed by atoms with Gasteiger partial charge in [-0.3, -0.25) is 19.2 Å². The fourth-order valence-corrected chi connectivity index (χ4v) is 12.6. The van der Waals surface area contributed by atoms with Gasteiger partial charge in [0.2, 0.25) is 11.5 Å². The van der Waals surface area contributed by atoms with Gasteiger partial charge in [-0.1, -0.05) is 30.3 Å². The topological polar surface area (TPSA) is 129 Å². The van der Waals surface area contributed by atoms with Crippen LogP contribution in [0.1, 0.15) is 69.4 Å². The monoisotopic (exact) mass is 927 g/mol. The first-order chi connectivity index (χ1) is 29.1. The summed E-state index contributed by atoms with van der Waals surface area (Å²) < 4.78 is 39.4. The van der Waals surface area contributed by atoms with Gasteiger partial charge in [-0.25, -0.2) is 0 Å². The quantitative estimate of drug-likeness (QED) is 0.0454. The van der Waals surface area contributed by atoms with Crippen molar-refractivity contribution in [1.29, 1.82) is 0 Å². The Balaban J connectivity index is 1.09. The van der Waals surface area contributed by atoms with E-state index in [1.807, 2.05) is 0 Å². The molecule has 0 amide bonds. The molecule has 3 aliphatic rings. The molecule has 3 unspecified atom stereocenters. The molecule has 12 rings (SSSR count). The minimum absolute atomic E-state index is 0.0318. The number of halogens is 1. The number of ether oxygens (including phenoxy) is 6. The number of carbonyl (C=O) groups is 4. The smallest absolute Gasteiger partial charge is 0.308 e. The van der Waals surface area contributed by atoms with Crippen LogP contribution in [0.5, 0.6) is 0 Å². The molecular formula is C49H38INO10. The summed E-state index contributed by atoms with van der Waals surface area (Å²) in [6, 6.07) is 14.2. The second-order valence-electron chi connectivity index (χ2n) is 17.4. The van der Waals surface area contributed by atoms with Crippen molar-refractivity contribution < 1.29 is 47.6 Å². The predicted octanol–water partition coefficient (Wildman–Crippen LogP) is 9.54. The van der Waals surface area contributed by atoms with Crippen molar-refractivity contribution >= 4 is 133 Å². The van der Waals surface area contributed by atoms with E-state index in [4.69, 9.17) is 28.4 Å². The van der Waals surface area contributed by atoms with Gasteiger partial charge in [0.1, 0.15) is 12.7 Å². The maximum atomic E-state index is 12.8. The highest BCUT2D eigenvalue weighted by Gasteiger charge is 2.58. The minimum Gasteiger partial charge on any atom is -0.463 e. The standard InChI is InChI=1S/C49H38INO10/c1-19-12-26-15-27-13-24-8-9-25-14-28-16-29-17-30(50)45-43-37(29)35(28)39-33(25)32(24)38-34(27)36(26)42(41(43)40(38)39)44(19)51(45)10-11-57-49(7)47(59-22(4)54)46(58-21(3)53)48(6,60-23(5)55)31(61-49)18-56-20(2)52/h8-9,12-14,17,31H,10-11,15-16,18H2,1-7H3. The van der Waals surface area contributed by atoms with Crippen LogP contribution in [-0.4, -0.2) is 59.2 Å². The Morgan fingerprint density at radius 1 is 0.672 bits per heavy atom. The van der Waals surface area contributed by atoms with Gasteiger partial charge < -0.3 is 33.0 Å². The lowest BCUT2D eigenvalue weighted by molar-refractivity contribution is -0.295. The van der Waals surface area contributed by atoms with Crippen molar-refractivity contribution in [2.75, 3.05) is 13.2 Å². The highest BCUT2D eigenvalue weighted by molar-refractivity contribution is 14.1. The van der Waals surface area contributed by atoms with Gasteiger partial charge in [0.15, 0.2) is 11.4 Å². The lowest BCUT2D eigenvalue weighted by Gasteiger charge is -2.47. The number of carbonyl (C=O) groups excluding carboxylic acids is 4. The molecule has 1 aromatic heterocycles. The number of aryl methyl sites for hydroxylation is 1. The first-order valence-corrected chi connectivity index (χ1v) is 21.6. The van der Waals surface area contributed by atoms with Gasteiger partial charge in [0.05, 0.1) is 17.6 Å². The van der Waals surface area contributed by atoms with Crippen LogP contribution >= 0.6 is 22.6 Å². The highest BCUT2D eigenvalue weighted by atomic mass is 127. The summed E-state index contributed by atoms with van der Waals surface area (Å²) in [5.74, 6) is -5.35. The summed E-state index contributed by atoms with van der Waals surface area (Å²) >= 11 is 2.50. The fourth-order valence-electron chi connectivity index (χ4n) is 11.7. The molecule has 0 radical (unpaired) electrons. The van der Waals surface area contributed by atoms with E-state index in [9.17, 15) is 19.2 Å². The SMILES string of the molecule is CC(=O)OCC1OC(C)(OCCn2c3c(C)cc4c5c6c(cc7ccc8cc9c%10c%11c(cc(I)c2c%11c(c2c6c7c8c%102)c53)C9)C4)C(OC(C)=O)=C(OC(C)=O)C1(C)OC(C)=O. The highest BCUT2D eigenvalue weighted by Crippen LogP contribution is 2.60. The summed E-state index contributed by atoms with van der Waals surface area (Å²) in [5, 5.41) is 18.8. The third-order valence-corrected chi connectivity index (χ3v) is 14.4. The van der Waals surface area contributed by atoms with Crippen LogP contribution in [0.25, 0.3) is 86.4 Å². The summed E-state index contributed by atoms with van der Waals surface area (Å²) in [4.78, 5) is 50.1. The number of hydrogen-bond acceptors (Lipinski definition) is 10. The molecule has 0 spiro atoms. The van der Waals surface area contributed by atoms with E-state index in [0.29, 0.717) is 6.54 Å². The second kappa shape index (κ2) is 12.1. The van der Waals surface area contributed by atoms with E-state index in [1.165, 1.54) is 132 Å². The van der Waals surface area contributed by atoms with E-state index in [1.54, 1.807) is 6.92 Å². The number of pyridine rings is 1. The number of nitrogens with zero attached hydrogens (tertiary/aromatic N) is 1. The van der Waals surface area contributed by atoms with Crippen molar-refractivity contribution in [2.24, 2.45) is 0 Å². The largest absolute Gasteiger partial charge is 0.463 e. The number of rotatable bonds is 9. The lowest BCUT2D eigenvalue weighted by Crippen LogP contribution is -2.60. The molecule has 0 fully saturated rings. The van der Waals surface area contributed by atoms with Gasteiger partial charge in [0.25, 0.3) is 0 Å². The predicted molar refractivity (Wildman–Crippen MR) is 239 cm³/mol. The van der Waals surface area contributed by atoms with Crippen LogP contribution in [0.15, 0.2) is 47.9 Å². The fraction of sp³-hybridized carbons (Fsp3) is 0.306. The van der Waals surface area contributed by atoms with Gasteiger partial charge in [0, 0.05) is 59.4 Å². The second-order valence-corrected chi connectivity index (χ2v) is 18.6. The van der Waals surface area contributed by atoms with Crippen molar-refractivity contribution in [3.8, 4) is 0 Å². The molecule has 8 aromatic carbocycles. The molecule has 2 heterocycles. The maximum Gasteiger partial charge on any atom is 0.308 e. The molecule has 61 heavy (non-hydrogen) atoms. The van der Waals surface area contributed by atoms with Crippen LogP contribution in [0.3, 0.4) is 0 Å². The first kappa shape index (κ1) is 37.2. The van der Waals surface area contributed by atoms with E-state index < -0.39 is 48.0 Å². The van der Waals surface area contributed by atoms with Crippen LogP contribution in [0.2, 0.25) is 0 Å². The van der Waals surface area contributed by atoms with Gasteiger partial charge in [-0.2, -0.15) is 0 Å². The third kappa shape index (κ3) is 4.65. The molecule has 11 nitrogen and oxygen atoms in total. The molecule has 12 heteroatoms. The molecule has 2 aliphatic carbocycles. The zero-order chi connectivity index (χ0) is 42.3. The molecule has 0 N–H and O–H groups in total. The van der Waals surface area contributed by atoms with Gasteiger partial charge in [-0.15, -0.1) is 0 Å². The Morgan fingerprint density at radius 3 is 1.79 bits per heavy atom. The molecule has 3 atom stereocenters. The molecule has 9 aromatic rings. The van der Waals surface area contributed by atoms with Crippen molar-refractivity contribution in [1.82, 2.24) is 4.57 Å². The summed E-state index contributed by atoms with van der Waals surface area (Å²) in [6.45, 7) is 9.96. The average Bonchev–Trinajstić information content (AvgIpc) is 3.85. The number of esters is 4. The summed E-state index contributed by atoms with van der Waals surface area (Å²) in [7, 11) is 0. The molecule has 1 aliphatic heterocycles. The van der Waals surface area contributed by atoms with Crippen LogP contribution in [0.4, 0.5) is 0 Å². The van der Waals surface area contributed by atoms with E-state index >= 15 is 0 Å². The first-order valence-electron chi connectivity index (χ1n) is 20.5. The summed E-state index contributed by atoms with van der Waals surface area (Å²) in [6.07, 6.45) is 0.505. The molecule has 306 valence electrons. The normalized spacial score (nSPS) is 21.0. The Morgan fingerprint density at radius 2 is 1.20 bits per heavy atom. The average molecular weight is 928 g/mol. The lowest BCUT2D eigenvalue weighted by atomic mass is 9.86. The molecule has 0 bridgehead atoms. The minimum atomic E-state index is -1.89. The van der Waals surface area contributed by atoms with Gasteiger partial charge >= 0.3 is 23.9 Å². The van der Waals surface area contributed by atoms with E-state index in [2.05, 4.69) is 70.5 Å².